The second-order valence-corrected chi connectivity index (χ2v) is 9.47. The summed E-state index contributed by atoms with van der Waals surface area (Å²) in [5.74, 6) is -64.6. The first-order chi connectivity index (χ1) is 18.2. The zero-order valence-corrected chi connectivity index (χ0v) is 19.3. The van der Waals surface area contributed by atoms with Crippen LogP contribution in [0.3, 0.4) is 0 Å². The summed E-state index contributed by atoms with van der Waals surface area (Å²) >= 11 is 0. The third-order valence-electron chi connectivity index (χ3n) is 4.53. The first kappa shape index (κ1) is 41.1. The summed E-state index contributed by atoms with van der Waals surface area (Å²) in [6.07, 6.45) is -8.19. The number of nitrogens with zero attached hydrogens (tertiary/aromatic N) is 1. The summed E-state index contributed by atoms with van der Waals surface area (Å²) in [4.78, 5) is 0. The van der Waals surface area contributed by atoms with Gasteiger partial charge in [-0.3, -0.25) is 0 Å². The lowest BCUT2D eigenvalue weighted by Gasteiger charge is -2.43. The van der Waals surface area contributed by atoms with Crippen molar-refractivity contribution in [2.75, 3.05) is 13.2 Å². The molecule has 1 aliphatic rings. The molecule has 0 atom stereocenters. The lowest BCUT2D eigenvalue weighted by molar-refractivity contribution is -0.458. The van der Waals surface area contributed by atoms with E-state index in [1.54, 1.807) is 0 Å². The van der Waals surface area contributed by atoms with Crippen molar-refractivity contribution in [1.29, 1.82) is 0 Å². The largest absolute Gasteiger partial charge is 0.460 e. The van der Waals surface area contributed by atoms with Crippen molar-refractivity contribution in [3.63, 3.8) is 0 Å². The number of alkyl halides is 23. The Morgan fingerprint density at radius 3 is 0.884 bits per heavy atom. The molecule has 30 heteroatoms. The highest BCUT2D eigenvalue weighted by Crippen LogP contribution is 2.66. The SMILES string of the molecule is C1CO1.O=S(=O)(C(F)(F)C(F)(F)C(F)(F)N(F)F)C(F)(F)C(F)(F)C(F)(F)C(F)(F)C(F)(F)C(F)(F)C(F)(F)C(F)(F)F. The number of hydrogen-bond donors (Lipinski definition) is 0. The van der Waals surface area contributed by atoms with Gasteiger partial charge in [0, 0.05) is 0 Å². The number of ether oxygens (including phenoxy) is 1. The van der Waals surface area contributed by atoms with E-state index in [1.807, 2.05) is 0 Å². The van der Waals surface area contributed by atoms with Gasteiger partial charge in [-0.05, 0) is 0 Å². The molecular formula is C13H4F25NO3S. The van der Waals surface area contributed by atoms with Gasteiger partial charge in [-0.1, -0.05) is 8.96 Å². The molecular weight excluding hydrogens is 725 g/mol. The van der Waals surface area contributed by atoms with E-state index in [-0.39, 0.29) is 0 Å². The molecule has 260 valence electrons. The van der Waals surface area contributed by atoms with E-state index in [0.717, 1.165) is 13.2 Å². The van der Waals surface area contributed by atoms with Crippen LogP contribution in [0.25, 0.3) is 0 Å². The maximum atomic E-state index is 13.6. The molecule has 0 unspecified atom stereocenters. The lowest BCUT2D eigenvalue weighted by Crippen LogP contribution is -2.76. The number of hydrogen-bond acceptors (Lipinski definition) is 4. The highest BCUT2D eigenvalue weighted by atomic mass is 32.2. The van der Waals surface area contributed by atoms with E-state index in [9.17, 15) is 118 Å². The molecule has 0 bridgehead atoms. The first-order valence-corrected chi connectivity index (χ1v) is 10.5. The highest BCUT2D eigenvalue weighted by molar-refractivity contribution is 7.93. The van der Waals surface area contributed by atoms with Crippen molar-refractivity contribution in [3.8, 4) is 0 Å². The second-order valence-electron chi connectivity index (χ2n) is 7.44. The van der Waals surface area contributed by atoms with E-state index in [1.165, 1.54) is 0 Å². The van der Waals surface area contributed by atoms with Gasteiger partial charge in [-0.25, -0.2) is 8.42 Å². The smallest absolute Gasteiger partial charge is 0.377 e. The Hall–Kier alpha value is -1.88. The van der Waals surface area contributed by atoms with Crippen LogP contribution in [0.4, 0.5) is 110 Å². The maximum Gasteiger partial charge on any atom is 0.460 e. The Balaban J connectivity index is 0.00000549. The molecule has 1 saturated heterocycles. The third-order valence-corrected chi connectivity index (χ3v) is 6.39. The minimum atomic E-state index is -10.2. The number of halogens is 25. The summed E-state index contributed by atoms with van der Waals surface area (Å²) < 4.78 is 349. The predicted molar refractivity (Wildman–Crippen MR) is 79.3 cm³/mol. The third kappa shape index (κ3) is 5.38. The standard InChI is InChI=1S/C11F25NO2S.C2H4O/c12-1(13,3(16,17)5(20,21)8(26,27)28)2(14,15)4(18,19)6(22,23)10(31,32)40(38,39)11(33,34)7(24,25)9(29,30)37(35)36;1-2-3-1/h;1-2H2. The molecule has 4 nitrogen and oxygen atoms in total. The summed E-state index contributed by atoms with van der Waals surface area (Å²) in [6, 6.07) is -8.08. The van der Waals surface area contributed by atoms with Gasteiger partial charge in [0.15, 0.2) is 0 Å². The second kappa shape index (κ2) is 10.6. The minimum Gasteiger partial charge on any atom is -0.377 e. The van der Waals surface area contributed by atoms with Gasteiger partial charge in [-0.15, -0.1) is 0 Å². The molecule has 0 aromatic rings. The molecule has 43 heavy (non-hydrogen) atoms. The average molecular weight is 729 g/mol. The van der Waals surface area contributed by atoms with E-state index >= 15 is 0 Å². The van der Waals surface area contributed by atoms with Crippen molar-refractivity contribution < 1.29 is 123 Å². The minimum absolute atomic E-state index is 1.00. The molecule has 0 N–H and O–H groups in total. The summed E-state index contributed by atoms with van der Waals surface area (Å²) in [7, 11) is -10.2. The van der Waals surface area contributed by atoms with E-state index in [0.29, 0.717) is 0 Å². The summed E-state index contributed by atoms with van der Waals surface area (Å²) in [5.41, 5.74) is 0. The number of sulfone groups is 1. The van der Waals surface area contributed by atoms with E-state index < -0.39 is 79.4 Å². The van der Waals surface area contributed by atoms with Gasteiger partial charge in [0.25, 0.3) is 9.84 Å². The number of epoxide rings is 1. The quantitative estimate of drug-likeness (QED) is 0.0972. The molecule has 1 aliphatic heterocycles. The molecule has 1 heterocycles. The fourth-order valence-corrected chi connectivity index (χ4v) is 3.18. The molecule has 0 aliphatic carbocycles. The maximum absolute atomic E-state index is 13.6. The van der Waals surface area contributed by atoms with Crippen LogP contribution in [0.1, 0.15) is 0 Å². The van der Waals surface area contributed by atoms with Crippen molar-refractivity contribution in [2.45, 2.75) is 64.2 Å². The molecule has 0 amide bonds. The van der Waals surface area contributed by atoms with Crippen molar-refractivity contribution >= 4 is 9.84 Å². The Morgan fingerprint density at radius 1 is 0.419 bits per heavy atom. The van der Waals surface area contributed by atoms with Crippen LogP contribution in [0, 0.1) is 0 Å². The van der Waals surface area contributed by atoms with E-state index in [2.05, 4.69) is 4.74 Å². The fourth-order valence-electron chi connectivity index (χ4n) is 1.93. The van der Waals surface area contributed by atoms with Crippen LogP contribution >= 0.6 is 0 Å². The Bertz CT molecular complexity index is 1100. The normalized spacial score (nSPS) is 17.5. The highest BCUT2D eigenvalue weighted by Gasteiger charge is 2.98. The van der Waals surface area contributed by atoms with Gasteiger partial charge in [-0.2, -0.15) is 101 Å². The molecule has 1 rings (SSSR count). The van der Waals surface area contributed by atoms with Gasteiger partial charge < -0.3 is 4.74 Å². The van der Waals surface area contributed by atoms with Crippen LogP contribution in [0.2, 0.25) is 0 Å². The first-order valence-electron chi connectivity index (χ1n) is 8.98. The van der Waals surface area contributed by atoms with E-state index in [4.69, 9.17) is 0 Å². The fraction of sp³-hybridized carbons (Fsp3) is 1.00. The van der Waals surface area contributed by atoms with Crippen molar-refractivity contribution in [2.24, 2.45) is 0 Å². The summed E-state index contributed by atoms with van der Waals surface area (Å²) in [6.45, 7) is 2.00. The predicted octanol–water partition coefficient (Wildman–Crippen LogP) is 7.28. The van der Waals surface area contributed by atoms with Gasteiger partial charge in [0.05, 0.1) is 18.6 Å². The average Bonchev–Trinajstić information content (AvgIpc) is 3.66. The van der Waals surface area contributed by atoms with Crippen LogP contribution in [-0.4, -0.2) is 91.2 Å². The van der Waals surface area contributed by atoms with Gasteiger partial charge in [0.1, 0.15) is 0 Å². The zero-order chi connectivity index (χ0) is 35.7. The lowest BCUT2D eigenvalue weighted by atomic mass is 9.91. The van der Waals surface area contributed by atoms with Crippen LogP contribution in [0.15, 0.2) is 0 Å². The van der Waals surface area contributed by atoms with Crippen LogP contribution < -0.4 is 0 Å². The Kier molecular flexibility index (Phi) is 10.1. The van der Waals surface area contributed by atoms with Gasteiger partial charge in [0.2, 0.25) is 0 Å². The van der Waals surface area contributed by atoms with Crippen LogP contribution in [-0.2, 0) is 14.6 Å². The molecule has 1 fully saturated rings. The molecule has 0 aromatic carbocycles. The molecule has 0 spiro atoms. The molecule has 0 aromatic heterocycles. The van der Waals surface area contributed by atoms with Crippen LogP contribution in [0.5, 0.6) is 0 Å². The Morgan fingerprint density at radius 2 is 0.651 bits per heavy atom. The summed E-state index contributed by atoms with van der Waals surface area (Å²) in [5, 5.41) is -22.8. The number of rotatable bonds is 11. The Labute approximate surface area is 217 Å². The topological polar surface area (TPSA) is 49.9 Å². The zero-order valence-electron chi connectivity index (χ0n) is 18.4. The molecule has 0 radical (unpaired) electrons. The van der Waals surface area contributed by atoms with Gasteiger partial charge >= 0.3 is 64.2 Å². The monoisotopic (exact) mass is 729 g/mol. The van der Waals surface area contributed by atoms with Crippen molar-refractivity contribution in [1.82, 2.24) is 5.34 Å². The molecule has 0 saturated carbocycles. The van der Waals surface area contributed by atoms with Crippen molar-refractivity contribution in [3.05, 3.63) is 0 Å².